The predicted octanol–water partition coefficient (Wildman–Crippen LogP) is 10.0. The number of furan rings is 1. The van der Waals surface area contributed by atoms with Crippen LogP contribution in [0.4, 0.5) is 4.39 Å². The third-order valence-electron chi connectivity index (χ3n) is 6.62. The number of aryl methyl sites for hydroxylation is 4. The normalized spacial score (nSPS) is 16.0. The summed E-state index contributed by atoms with van der Waals surface area (Å²) in [7, 11) is 0. The Bertz CT molecular complexity index is 2400. The van der Waals surface area contributed by atoms with Crippen LogP contribution in [0.1, 0.15) is 38.7 Å². The van der Waals surface area contributed by atoms with E-state index < -0.39 is 33.2 Å². The number of para-hydroxylation sites is 1. The van der Waals surface area contributed by atoms with Gasteiger partial charge in [0.05, 0.1) is 5.58 Å². The first-order valence-electron chi connectivity index (χ1n) is 18.8. The topological polar surface area (TPSA) is 38.9 Å². The Labute approximate surface area is 281 Å². The molecule has 4 aromatic carbocycles. The average molecular weight is 753 g/mol. The molecule has 7 rings (SSSR count). The molecule has 0 atom stereocenters. The maximum absolute atomic E-state index is 14.0. The van der Waals surface area contributed by atoms with Gasteiger partial charge in [0, 0.05) is 54.3 Å². The number of hydrogen-bond donors (Lipinski definition) is 0. The largest absolute Gasteiger partial charge is 0.501 e. The van der Waals surface area contributed by atoms with Gasteiger partial charge in [-0.05, 0) is 78.0 Å². The van der Waals surface area contributed by atoms with Gasteiger partial charge >= 0.3 is 0 Å². The van der Waals surface area contributed by atoms with Crippen molar-refractivity contribution >= 4 is 21.9 Å². The van der Waals surface area contributed by atoms with Crippen molar-refractivity contribution in [1.82, 2.24) is 9.97 Å². The SMILES string of the molecule is [2H]C([2H])([2H])c1c[c-]c(-c2ccc(C([2H])([2H])[2H])cn2)cc1.[2H]C([2H])([2H])c1cnc(-c2[c-]ccc3c2oc2ccccc23)cc1-c1ccc(F)cc1C([2H])([2H])[2H].[Ir]. The smallest absolute Gasteiger partial charge is 0.123 e. The summed E-state index contributed by atoms with van der Waals surface area (Å²) in [6.45, 7) is -9.57. The van der Waals surface area contributed by atoms with Crippen molar-refractivity contribution in [2.45, 2.75) is 27.4 Å². The van der Waals surface area contributed by atoms with E-state index in [0.29, 0.717) is 33.7 Å². The first-order valence-corrected chi connectivity index (χ1v) is 12.8. The number of halogens is 1. The summed E-state index contributed by atoms with van der Waals surface area (Å²) in [4.78, 5) is 8.44. The zero-order chi connectivity index (χ0) is 39.2. The van der Waals surface area contributed by atoms with Gasteiger partial charge in [-0.15, -0.1) is 53.6 Å². The van der Waals surface area contributed by atoms with Gasteiger partial charge in [0.25, 0.3) is 0 Å². The Kier molecular flexibility index (Phi) is 5.45. The van der Waals surface area contributed by atoms with Gasteiger partial charge in [-0.3, -0.25) is 0 Å². The maximum Gasteiger partial charge on any atom is 0.123 e. The van der Waals surface area contributed by atoms with Crippen LogP contribution in [-0.4, -0.2) is 9.97 Å². The van der Waals surface area contributed by atoms with Crippen LogP contribution < -0.4 is 0 Å². The van der Waals surface area contributed by atoms with Gasteiger partial charge in [0.15, 0.2) is 0 Å². The molecule has 0 saturated heterocycles. The molecule has 0 fully saturated rings. The van der Waals surface area contributed by atoms with E-state index in [-0.39, 0.29) is 53.5 Å². The van der Waals surface area contributed by atoms with Gasteiger partial charge in [-0.2, -0.15) is 0 Å². The van der Waals surface area contributed by atoms with Crippen LogP contribution in [-0.2, 0) is 20.1 Å². The molecule has 0 N–H and O–H groups in total. The number of aromatic nitrogens is 2. The number of fused-ring (bicyclic) bond motifs is 3. The molecule has 0 aliphatic rings. The van der Waals surface area contributed by atoms with E-state index in [9.17, 15) is 4.39 Å². The molecule has 215 valence electrons. The molecule has 0 amide bonds. The van der Waals surface area contributed by atoms with Crippen LogP contribution in [0.3, 0.4) is 0 Å². The Morgan fingerprint density at radius 2 is 1.56 bits per heavy atom. The zero-order valence-electron chi connectivity index (χ0n) is 34.3. The van der Waals surface area contributed by atoms with E-state index in [1.807, 2.05) is 30.3 Å². The standard InChI is InChI=1S/C25H17FNO.C13H12N.Ir/c1-15-12-17(26)10-11-18(15)22-13-23(27-14-16(22)2)21-8-5-7-20-19-6-3-4-9-24(19)28-25(20)21;1-10-3-6-12(7-4-10)13-8-5-11(2)9-14-13;/h3-7,9-14H,1-2H3;3-6,8-9H,1-2H3;/q2*-1;/i2*1D3,2D3;. The summed E-state index contributed by atoms with van der Waals surface area (Å²) in [5.74, 6) is -0.722. The zero-order valence-corrected chi connectivity index (χ0v) is 24.7. The fourth-order valence-electron chi connectivity index (χ4n) is 4.58. The number of pyridine rings is 2. The summed E-state index contributed by atoms with van der Waals surface area (Å²) in [6.07, 6.45) is 2.51. The molecule has 7 aromatic rings. The molecule has 43 heavy (non-hydrogen) atoms. The third-order valence-corrected chi connectivity index (χ3v) is 6.62. The van der Waals surface area contributed by atoms with Gasteiger partial charge in [-0.1, -0.05) is 60.3 Å². The molecule has 0 saturated carbocycles. The van der Waals surface area contributed by atoms with Crippen molar-refractivity contribution < 1.29 is 45.4 Å². The van der Waals surface area contributed by atoms with Crippen LogP contribution in [0.2, 0.25) is 0 Å². The van der Waals surface area contributed by atoms with E-state index in [2.05, 4.69) is 22.1 Å². The number of hydrogen-bond acceptors (Lipinski definition) is 3. The van der Waals surface area contributed by atoms with Gasteiger partial charge in [0.2, 0.25) is 0 Å². The van der Waals surface area contributed by atoms with Crippen molar-refractivity contribution in [3.05, 3.63) is 144 Å². The second-order valence-electron chi connectivity index (χ2n) is 9.42. The molecule has 5 heteroatoms. The molecule has 0 aliphatic carbocycles. The van der Waals surface area contributed by atoms with Crippen molar-refractivity contribution in [2.75, 3.05) is 0 Å². The minimum atomic E-state index is -2.66. The van der Waals surface area contributed by atoms with E-state index in [1.54, 1.807) is 18.2 Å². The van der Waals surface area contributed by atoms with Crippen LogP contribution in [0, 0.1) is 45.4 Å². The molecule has 0 aliphatic heterocycles. The number of nitrogens with zero attached hydrogens (tertiary/aromatic N) is 2. The molecule has 1 radical (unpaired) electrons. The molecule has 0 bridgehead atoms. The Hall–Kier alpha value is -4.44. The van der Waals surface area contributed by atoms with Gasteiger partial charge in [0.1, 0.15) is 11.4 Å². The second kappa shape index (κ2) is 12.8. The fraction of sp³-hybridized carbons (Fsp3) is 0.105. The molecule has 0 unspecified atom stereocenters. The Balaban J connectivity index is 0.000000237. The summed E-state index contributed by atoms with van der Waals surface area (Å²) in [5, 5.41) is 1.76. The van der Waals surface area contributed by atoms with Crippen LogP contribution in [0.25, 0.3) is 55.6 Å². The first kappa shape index (κ1) is 18.3. The van der Waals surface area contributed by atoms with Crippen molar-refractivity contribution in [1.29, 1.82) is 0 Å². The minimum Gasteiger partial charge on any atom is -0.501 e. The predicted molar refractivity (Wildman–Crippen MR) is 169 cm³/mol. The van der Waals surface area contributed by atoms with Gasteiger partial charge < -0.3 is 14.4 Å². The van der Waals surface area contributed by atoms with Crippen LogP contribution in [0.15, 0.2) is 108 Å². The Morgan fingerprint density at radius 1 is 0.721 bits per heavy atom. The monoisotopic (exact) mass is 753 g/mol. The molecule has 3 heterocycles. The van der Waals surface area contributed by atoms with Crippen molar-refractivity contribution in [3.63, 3.8) is 0 Å². The second-order valence-corrected chi connectivity index (χ2v) is 9.42. The molecule has 3 nitrogen and oxygen atoms in total. The van der Waals surface area contributed by atoms with E-state index in [4.69, 9.17) is 20.9 Å². The first-order chi connectivity index (χ1) is 25.2. The van der Waals surface area contributed by atoms with Crippen molar-refractivity contribution in [2.24, 2.45) is 0 Å². The summed E-state index contributed by atoms with van der Waals surface area (Å²) in [5.41, 5.74) is 3.45. The van der Waals surface area contributed by atoms with Crippen LogP contribution in [0.5, 0.6) is 0 Å². The number of rotatable bonds is 3. The van der Waals surface area contributed by atoms with Crippen molar-refractivity contribution in [3.8, 4) is 33.6 Å². The fourth-order valence-corrected chi connectivity index (χ4v) is 4.58. The molecular formula is C38H29FIrN2O-2. The van der Waals surface area contributed by atoms with E-state index >= 15 is 0 Å². The van der Waals surface area contributed by atoms with Gasteiger partial charge in [-0.25, -0.2) is 4.39 Å². The van der Waals surface area contributed by atoms with Crippen LogP contribution >= 0.6 is 0 Å². The molecule has 3 aromatic heterocycles. The average Bonchev–Trinajstić information content (AvgIpc) is 3.49. The number of benzene rings is 4. The molecular weight excluding hydrogens is 712 g/mol. The van der Waals surface area contributed by atoms with E-state index in [1.165, 1.54) is 42.7 Å². The summed E-state index contributed by atoms with van der Waals surface area (Å²) in [6, 6.07) is 29.5. The maximum atomic E-state index is 14.0. The summed E-state index contributed by atoms with van der Waals surface area (Å²) >= 11 is 0. The van der Waals surface area contributed by atoms with E-state index in [0.717, 1.165) is 22.9 Å². The Morgan fingerprint density at radius 3 is 2.33 bits per heavy atom. The minimum absolute atomic E-state index is 0. The third kappa shape index (κ3) is 6.34. The summed E-state index contributed by atoms with van der Waals surface area (Å²) < 4.78 is 111. The quantitative estimate of drug-likeness (QED) is 0.169. The molecule has 0 spiro atoms.